The quantitative estimate of drug-likeness (QED) is 0.604. The Hall–Kier alpha value is -1.80. The summed E-state index contributed by atoms with van der Waals surface area (Å²) in [4.78, 5) is 9.24. The van der Waals surface area contributed by atoms with Crippen LogP contribution < -0.4 is 10.6 Å². The first-order valence-corrected chi connectivity index (χ1v) is 9.31. The number of piperazine rings is 1. The fraction of sp³-hybridized carbons (Fsp3) is 0.632. The highest BCUT2D eigenvalue weighted by atomic mass is 19.4. The maximum atomic E-state index is 12.9. The molecule has 0 radical (unpaired) electrons. The lowest BCUT2D eigenvalue weighted by Crippen LogP contribution is -2.51. The summed E-state index contributed by atoms with van der Waals surface area (Å²) in [6.07, 6.45) is -4.34. The topological polar surface area (TPSA) is 42.9 Å². The number of aliphatic imine (C=N–C) groups is 1. The van der Waals surface area contributed by atoms with Gasteiger partial charge >= 0.3 is 6.18 Å². The highest BCUT2D eigenvalue weighted by Gasteiger charge is 2.30. The van der Waals surface area contributed by atoms with E-state index in [0.717, 1.165) is 25.7 Å². The van der Waals surface area contributed by atoms with Crippen LogP contribution in [0.3, 0.4) is 0 Å². The van der Waals surface area contributed by atoms with Crippen LogP contribution >= 0.6 is 0 Å². The fourth-order valence-corrected chi connectivity index (χ4v) is 3.09. The Labute approximate surface area is 159 Å². The molecule has 1 heterocycles. The average molecular weight is 385 g/mol. The molecule has 27 heavy (non-hydrogen) atoms. The van der Waals surface area contributed by atoms with Crippen molar-refractivity contribution in [2.75, 3.05) is 46.8 Å². The van der Waals surface area contributed by atoms with Gasteiger partial charge in [0.2, 0.25) is 0 Å². The summed E-state index contributed by atoms with van der Waals surface area (Å²) in [7, 11) is 4.20. The van der Waals surface area contributed by atoms with E-state index in [2.05, 4.69) is 39.5 Å². The number of nitrogens with zero attached hydrogens (tertiary/aromatic N) is 3. The summed E-state index contributed by atoms with van der Waals surface area (Å²) in [5.41, 5.74) is -0.0626. The van der Waals surface area contributed by atoms with Crippen LogP contribution in [0.5, 0.6) is 0 Å². The second kappa shape index (κ2) is 9.41. The Morgan fingerprint density at radius 3 is 2.70 bits per heavy atom. The lowest BCUT2D eigenvalue weighted by molar-refractivity contribution is -0.137. The highest BCUT2D eigenvalue weighted by molar-refractivity contribution is 5.80. The van der Waals surface area contributed by atoms with E-state index in [-0.39, 0.29) is 6.04 Å². The lowest BCUT2D eigenvalue weighted by Gasteiger charge is -2.37. The summed E-state index contributed by atoms with van der Waals surface area (Å²) in [5, 5.41) is 6.40. The fourth-order valence-electron chi connectivity index (χ4n) is 3.09. The number of benzene rings is 1. The van der Waals surface area contributed by atoms with Crippen molar-refractivity contribution >= 4 is 5.96 Å². The van der Waals surface area contributed by atoms with Crippen LogP contribution in [0.2, 0.25) is 0 Å². The van der Waals surface area contributed by atoms with Gasteiger partial charge in [0.1, 0.15) is 0 Å². The first-order valence-electron chi connectivity index (χ1n) is 9.31. The van der Waals surface area contributed by atoms with Crippen molar-refractivity contribution in [3.8, 4) is 0 Å². The number of nitrogens with one attached hydrogen (secondary N) is 2. The Kier molecular flexibility index (Phi) is 7.49. The average Bonchev–Trinajstić information content (AvgIpc) is 2.61. The number of alkyl halides is 3. The minimum absolute atomic E-state index is 0.295. The molecule has 2 N–H and O–H groups in total. The maximum Gasteiger partial charge on any atom is 0.416 e. The van der Waals surface area contributed by atoms with Crippen molar-refractivity contribution in [3.05, 3.63) is 35.4 Å². The van der Waals surface area contributed by atoms with Gasteiger partial charge in [0.15, 0.2) is 5.96 Å². The molecule has 0 saturated carbocycles. The van der Waals surface area contributed by atoms with E-state index < -0.39 is 11.7 Å². The smallest absolute Gasteiger partial charge is 0.357 e. The Morgan fingerprint density at radius 1 is 1.30 bits per heavy atom. The molecule has 1 aromatic rings. The minimum atomic E-state index is -4.34. The van der Waals surface area contributed by atoms with E-state index >= 15 is 0 Å². The van der Waals surface area contributed by atoms with Gasteiger partial charge in [-0.1, -0.05) is 12.1 Å². The number of hydrogen-bond acceptors (Lipinski definition) is 3. The summed E-state index contributed by atoms with van der Waals surface area (Å²) >= 11 is 0. The lowest BCUT2D eigenvalue weighted by atomic mass is 10.1. The van der Waals surface area contributed by atoms with Crippen LogP contribution in [0, 0.1) is 0 Å². The number of rotatable bonds is 5. The van der Waals surface area contributed by atoms with Crippen LogP contribution in [0.1, 0.15) is 31.0 Å². The van der Waals surface area contributed by atoms with Crippen molar-refractivity contribution in [1.82, 2.24) is 20.4 Å². The molecule has 0 aromatic heterocycles. The summed E-state index contributed by atoms with van der Waals surface area (Å²) in [6.45, 7) is 8.11. The molecule has 1 aliphatic rings. The second-order valence-corrected chi connectivity index (χ2v) is 7.11. The van der Waals surface area contributed by atoms with Crippen molar-refractivity contribution in [1.29, 1.82) is 0 Å². The largest absolute Gasteiger partial charge is 0.416 e. The third-order valence-electron chi connectivity index (χ3n) is 4.85. The van der Waals surface area contributed by atoms with E-state index in [1.54, 1.807) is 6.07 Å². The van der Waals surface area contributed by atoms with Crippen LogP contribution in [-0.2, 0) is 6.18 Å². The molecule has 1 aromatic carbocycles. The Morgan fingerprint density at radius 2 is 2.04 bits per heavy atom. The van der Waals surface area contributed by atoms with Gasteiger partial charge in [-0.2, -0.15) is 13.2 Å². The van der Waals surface area contributed by atoms with Crippen molar-refractivity contribution in [2.45, 2.75) is 32.1 Å². The minimum Gasteiger partial charge on any atom is -0.357 e. The Bertz CT molecular complexity index is 632. The number of halogens is 3. The van der Waals surface area contributed by atoms with Gasteiger partial charge in [-0.3, -0.25) is 9.89 Å². The normalized spacial score (nSPS) is 21.1. The molecule has 5 nitrogen and oxygen atoms in total. The van der Waals surface area contributed by atoms with E-state index in [9.17, 15) is 13.2 Å². The van der Waals surface area contributed by atoms with Crippen molar-refractivity contribution in [2.24, 2.45) is 4.99 Å². The summed E-state index contributed by atoms with van der Waals surface area (Å²) < 4.78 is 38.8. The molecule has 2 rings (SSSR count). The van der Waals surface area contributed by atoms with Gasteiger partial charge in [0.25, 0.3) is 0 Å². The first kappa shape index (κ1) is 21.5. The predicted molar refractivity (Wildman–Crippen MR) is 103 cm³/mol. The zero-order chi connectivity index (χ0) is 20.0. The van der Waals surface area contributed by atoms with E-state index in [1.165, 1.54) is 12.1 Å². The Balaban J connectivity index is 2.06. The molecule has 1 fully saturated rings. The van der Waals surface area contributed by atoms with E-state index in [1.807, 2.05) is 13.8 Å². The third kappa shape index (κ3) is 6.39. The van der Waals surface area contributed by atoms with Gasteiger partial charge < -0.3 is 15.5 Å². The molecule has 2 unspecified atom stereocenters. The van der Waals surface area contributed by atoms with Crippen molar-refractivity contribution < 1.29 is 13.2 Å². The number of likely N-dealkylation sites (N-methyl/N-ethyl adjacent to an activating group) is 2. The maximum absolute atomic E-state index is 12.9. The van der Waals surface area contributed by atoms with Crippen LogP contribution in [0.15, 0.2) is 29.3 Å². The number of hydrogen-bond donors (Lipinski definition) is 2. The highest BCUT2D eigenvalue weighted by Crippen LogP contribution is 2.30. The molecule has 152 valence electrons. The van der Waals surface area contributed by atoms with E-state index in [4.69, 9.17) is 0 Å². The van der Waals surface area contributed by atoms with Gasteiger partial charge in [0, 0.05) is 32.2 Å². The molecule has 2 atom stereocenters. The van der Waals surface area contributed by atoms with Gasteiger partial charge in [-0.25, -0.2) is 0 Å². The molecule has 1 saturated heterocycles. The zero-order valence-electron chi connectivity index (χ0n) is 16.5. The monoisotopic (exact) mass is 385 g/mol. The molecule has 0 bridgehead atoms. The van der Waals surface area contributed by atoms with Gasteiger partial charge in [0.05, 0.1) is 18.2 Å². The van der Waals surface area contributed by atoms with Gasteiger partial charge in [-0.05, 0) is 45.6 Å². The molecule has 0 spiro atoms. The predicted octanol–water partition coefficient (Wildman–Crippen LogP) is 2.57. The molecule has 8 heteroatoms. The molecule has 0 aliphatic carbocycles. The van der Waals surface area contributed by atoms with Crippen LogP contribution in [0.25, 0.3) is 0 Å². The van der Waals surface area contributed by atoms with Crippen LogP contribution in [-0.4, -0.2) is 68.6 Å². The SMILES string of the molecule is CCNC(=NCC1CN(C)CCN1C)NC(C)c1cccc(C(F)(F)F)c1. The standard InChI is InChI=1S/C19H30F3N5/c1-5-23-18(24-12-17-13-26(3)9-10-27(17)4)25-14(2)15-7-6-8-16(11-15)19(20,21)22/h6-8,11,14,17H,5,9-10,12-13H2,1-4H3,(H2,23,24,25). The second-order valence-electron chi connectivity index (χ2n) is 7.11. The summed E-state index contributed by atoms with van der Waals surface area (Å²) in [5.74, 6) is 0.615. The van der Waals surface area contributed by atoms with E-state index in [0.29, 0.717) is 30.7 Å². The molecule has 0 amide bonds. The molecular formula is C19H30F3N5. The first-order chi connectivity index (χ1) is 12.7. The summed E-state index contributed by atoms with van der Waals surface area (Å²) in [6, 6.07) is 5.43. The van der Waals surface area contributed by atoms with Gasteiger partial charge in [-0.15, -0.1) is 0 Å². The number of guanidine groups is 1. The van der Waals surface area contributed by atoms with Crippen LogP contribution in [0.4, 0.5) is 13.2 Å². The molecule has 1 aliphatic heterocycles. The van der Waals surface area contributed by atoms with Crippen molar-refractivity contribution in [3.63, 3.8) is 0 Å². The molecular weight excluding hydrogens is 355 g/mol. The zero-order valence-corrected chi connectivity index (χ0v) is 16.5. The third-order valence-corrected chi connectivity index (χ3v) is 4.85.